The first-order chi connectivity index (χ1) is 10.7. The molecule has 0 saturated carbocycles. The monoisotopic (exact) mass is 340 g/mol. The average Bonchev–Trinajstić information content (AvgIpc) is 2.55. The average molecular weight is 340 g/mol. The number of hydrogen-bond acceptors (Lipinski definition) is 10. The molecule has 0 spiro atoms. The maximum atomic E-state index is 10.2. The van der Waals surface area contributed by atoms with E-state index in [2.05, 4.69) is 0 Å². The topological polar surface area (TPSA) is 169 Å². The van der Waals surface area contributed by atoms with Crippen molar-refractivity contribution in [1.82, 2.24) is 0 Å². The minimum absolute atomic E-state index is 0.0232. The molecule has 136 valence electrons. The predicted molar refractivity (Wildman–Crippen MR) is 71.8 cm³/mol. The number of rotatable bonds is 4. The second-order valence-electron chi connectivity index (χ2n) is 5.82. The third kappa shape index (κ3) is 3.51. The lowest BCUT2D eigenvalue weighted by atomic mass is 9.94. The predicted octanol–water partition coefficient (Wildman–Crippen LogP) is -3.98. The molecule has 7 N–H and O–H groups in total. The van der Waals surface area contributed by atoms with E-state index in [0.717, 1.165) is 0 Å². The van der Waals surface area contributed by atoms with Crippen LogP contribution in [0.25, 0.3) is 0 Å². The second kappa shape index (κ2) is 7.23. The summed E-state index contributed by atoms with van der Waals surface area (Å²) < 4.78 is 15.5. The molecule has 0 radical (unpaired) electrons. The molecular weight excluding hydrogens is 316 g/mol. The van der Waals surface area contributed by atoms with Crippen LogP contribution in [0.2, 0.25) is 0 Å². The number of ether oxygens (including phenoxy) is 3. The highest BCUT2D eigenvalue weighted by molar-refractivity contribution is 4.94. The molecule has 0 amide bonds. The summed E-state index contributed by atoms with van der Waals surface area (Å²) in [6.45, 7) is 0.609. The summed E-state index contributed by atoms with van der Waals surface area (Å²) in [5.41, 5.74) is 0. The SMILES string of the molecule is CC[C@]1(O)OC[C@@H](O)C(O[C@@H]2OC(CO)[C@H](O)C(O)C2O)C1O. The molecule has 0 aromatic rings. The Kier molecular flexibility index (Phi) is 5.95. The van der Waals surface area contributed by atoms with Crippen LogP contribution in [0, 0.1) is 0 Å². The van der Waals surface area contributed by atoms with Crippen molar-refractivity contribution in [1.29, 1.82) is 0 Å². The molecule has 9 atom stereocenters. The molecule has 2 saturated heterocycles. The Morgan fingerprint density at radius 3 is 2.30 bits per heavy atom. The van der Waals surface area contributed by atoms with E-state index in [9.17, 15) is 30.6 Å². The Labute approximate surface area is 132 Å². The maximum Gasteiger partial charge on any atom is 0.194 e. The van der Waals surface area contributed by atoms with Crippen molar-refractivity contribution in [3.05, 3.63) is 0 Å². The Hall–Kier alpha value is -0.400. The van der Waals surface area contributed by atoms with Gasteiger partial charge in [-0.25, -0.2) is 0 Å². The van der Waals surface area contributed by atoms with Crippen molar-refractivity contribution in [2.45, 2.75) is 68.1 Å². The molecule has 10 heteroatoms. The van der Waals surface area contributed by atoms with Crippen molar-refractivity contribution >= 4 is 0 Å². The van der Waals surface area contributed by atoms with Gasteiger partial charge in [0.15, 0.2) is 12.1 Å². The zero-order chi connectivity index (χ0) is 17.4. The van der Waals surface area contributed by atoms with Crippen LogP contribution < -0.4 is 0 Å². The van der Waals surface area contributed by atoms with Crippen molar-refractivity contribution < 1.29 is 50.0 Å². The van der Waals surface area contributed by atoms with Gasteiger partial charge in [-0.05, 0) is 0 Å². The molecular formula is C13H24O10. The van der Waals surface area contributed by atoms with E-state index >= 15 is 0 Å². The lowest BCUT2D eigenvalue weighted by Gasteiger charge is -2.46. The summed E-state index contributed by atoms with van der Waals surface area (Å²) in [6, 6.07) is 0. The van der Waals surface area contributed by atoms with Crippen LogP contribution in [0.4, 0.5) is 0 Å². The summed E-state index contributed by atoms with van der Waals surface area (Å²) in [6.07, 6.45) is -11.9. The lowest BCUT2D eigenvalue weighted by Crippen LogP contribution is -2.65. The Morgan fingerprint density at radius 1 is 1.09 bits per heavy atom. The quantitative estimate of drug-likeness (QED) is 0.268. The fourth-order valence-electron chi connectivity index (χ4n) is 2.69. The molecule has 2 rings (SSSR count). The lowest BCUT2D eigenvalue weighted by molar-refractivity contribution is -0.369. The smallest absolute Gasteiger partial charge is 0.194 e. The van der Waals surface area contributed by atoms with E-state index in [-0.39, 0.29) is 13.0 Å². The third-order valence-corrected chi connectivity index (χ3v) is 4.30. The molecule has 2 aliphatic rings. The summed E-state index contributed by atoms with van der Waals surface area (Å²) in [5, 5.41) is 68.6. The van der Waals surface area contributed by atoms with Crippen LogP contribution in [-0.2, 0) is 14.2 Å². The van der Waals surface area contributed by atoms with E-state index in [1.165, 1.54) is 0 Å². The van der Waals surface area contributed by atoms with E-state index in [0.29, 0.717) is 0 Å². The third-order valence-electron chi connectivity index (χ3n) is 4.30. The molecule has 2 heterocycles. The van der Waals surface area contributed by atoms with Gasteiger partial charge < -0.3 is 50.0 Å². The molecule has 0 aromatic heterocycles. The van der Waals surface area contributed by atoms with Gasteiger partial charge in [0.2, 0.25) is 0 Å². The van der Waals surface area contributed by atoms with Crippen LogP contribution >= 0.6 is 0 Å². The Bertz CT molecular complexity index is 393. The standard InChI is InChI=1S/C13H24O10/c1-2-13(20)11(19)10(5(15)4-21-13)23-12-9(18)8(17)7(16)6(3-14)22-12/h5-12,14-20H,2-4H2,1H3/t5-,6?,7+,8?,9?,10?,11?,12+,13+/m1/s1. The van der Waals surface area contributed by atoms with Crippen molar-refractivity contribution in [3.63, 3.8) is 0 Å². The highest BCUT2D eigenvalue weighted by Gasteiger charge is 2.52. The number of hydrogen-bond donors (Lipinski definition) is 7. The van der Waals surface area contributed by atoms with Crippen LogP contribution in [0.15, 0.2) is 0 Å². The van der Waals surface area contributed by atoms with E-state index in [4.69, 9.17) is 19.3 Å². The van der Waals surface area contributed by atoms with Gasteiger partial charge in [0, 0.05) is 6.42 Å². The first-order valence-corrected chi connectivity index (χ1v) is 7.43. The highest BCUT2D eigenvalue weighted by Crippen LogP contribution is 2.31. The van der Waals surface area contributed by atoms with Gasteiger partial charge >= 0.3 is 0 Å². The van der Waals surface area contributed by atoms with Crippen LogP contribution in [-0.4, -0.2) is 104 Å². The zero-order valence-corrected chi connectivity index (χ0v) is 12.6. The largest absolute Gasteiger partial charge is 0.394 e. The van der Waals surface area contributed by atoms with Gasteiger partial charge in [0.05, 0.1) is 13.2 Å². The van der Waals surface area contributed by atoms with E-state index in [1.54, 1.807) is 6.92 Å². The van der Waals surface area contributed by atoms with Crippen LogP contribution in [0.3, 0.4) is 0 Å². The van der Waals surface area contributed by atoms with Gasteiger partial charge in [-0.15, -0.1) is 0 Å². The fraction of sp³-hybridized carbons (Fsp3) is 1.00. The van der Waals surface area contributed by atoms with E-state index < -0.39 is 61.4 Å². The Morgan fingerprint density at radius 2 is 1.74 bits per heavy atom. The molecule has 0 aromatic carbocycles. The van der Waals surface area contributed by atoms with Gasteiger partial charge in [-0.2, -0.15) is 0 Å². The molecule has 23 heavy (non-hydrogen) atoms. The minimum atomic E-state index is -1.93. The fourth-order valence-corrected chi connectivity index (χ4v) is 2.69. The summed E-state index contributed by atoms with van der Waals surface area (Å²) in [5.74, 6) is -1.93. The second-order valence-corrected chi connectivity index (χ2v) is 5.82. The van der Waals surface area contributed by atoms with E-state index in [1.807, 2.05) is 0 Å². The van der Waals surface area contributed by atoms with Gasteiger partial charge in [-0.3, -0.25) is 0 Å². The van der Waals surface area contributed by atoms with Gasteiger partial charge in [0.25, 0.3) is 0 Å². The molecule has 0 aliphatic carbocycles. The summed E-state index contributed by atoms with van der Waals surface area (Å²) in [4.78, 5) is 0. The van der Waals surface area contributed by atoms with Crippen LogP contribution in [0.1, 0.15) is 13.3 Å². The van der Waals surface area contributed by atoms with Gasteiger partial charge in [-0.1, -0.05) is 6.92 Å². The Balaban J connectivity index is 2.12. The molecule has 2 aliphatic heterocycles. The first kappa shape index (κ1) is 18.9. The summed E-state index contributed by atoms with van der Waals surface area (Å²) >= 11 is 0. The molecule has 5 unspecified atom stereocenters. The summed E-state index contributed by atoms with van der Waals surface area (Å²) in [7, 11) is 0. The maximum absolute atomic E-state index is 10.2. The van der Waals surface area contributed by atoms with Crippen molar-refractivity contribution in [2.24, 2.45) is 0 Å². The molecule has 0 bridgehead atoms. The molecule has 10 nitrogen and oxygen atoms in total. The van der Waals surface area contributed by atoms with Crippen LogP contribution in [0.5, 0.6) is 0 Å². The highest BCUT2D eigenvalue weighted by atomic mass is 16.7. The first-order valence-electron chi connectivity index (χ1n) is 7.43. The number of aliphatic hydroxyl groups is 7. The molecule has 2 fully saturated rings. The minimum Gasteiger partial charge on any atom is -0.394 e. The van der Waals surface area contributed by atoms with Gasteiger partial charge in [0.1, 0.15) is 42.7 Å². The van der Waals surface area contributed by atoms with Crippen molar-refractivity contribution in [2.75, 3.05) is 13.2 Å². The normalized spacial score (nSPS) is 51.7. The zero-order valence-electron chi connectivity index (χ0n) is 12.6. The number of aliphatic hydroxyl groups excluding tert-OH is 6. The van der Waals surface area contributed by atoms with Crippen molar-refractivity contribution in [3.8, 4) is 0 Å².